The zero-order chi connectivity index (χ0) is 35.4. The summed E-state index contributed by atoms with van der Waals surface area (Å²) in [7, 11) is -3.29. The molecule has 8 nitrogen and oxygen atoms in total. The van der Waals surface area contributed by atoms with Gasteiger partial charge in [-0.25, -0.2) is 23.4 Å². The molecule has 0 saturated heterocycles. The summed E-state index contributed by atoms with van der Waals surface area (Å²) < 4.78 is 112. The number of rotatable bonds is 13. The summed E-state index contributed by atoms with van der Waals surface area (Å²) in [6.07, 6.45) is -1.88. The molecule has 15 heteroatoms. The normalized spacial score (nSPS) is 15.1. The average molecular weight is 702 g/mol. The van der Waals surface area contributed by atoms with Gasteiger partial charge in [-0.05, 0) is 81.8 Å². The molecule has 2 heterocycles. The first-order valence-electron chi connectivity index (χ1n) is 15.8. The Bertz CT molecular complexity index is 1630. The van der Waals surface area contributed by atoms with Gasteiger partial charge in [-0.2, -0.15) is 26.3 Å². The van der Waals surface area contributed by atoms with Crippen molar-refractivity contribution in [3.05, 3.63) is 70.2 Å². The maximum Gasteiger partial charge on any atom is 0.416 e. The van der Waals surface area contributed by atoms with Crippen LogP contribution in [-0.2, 0) is 28.7 Å². The second-order valence-corrected chi connectivity index (χ2v) is 14.7. The molecule has 1 aliphatic carbocycles. The van der Waals surface area contributed by atoms with Crippen LogP contribution >= 0.6 is 0 Å². The van der Waals surface area contributed by atoms with Gasteiger partial charge in [-0.15, -0.1) is 0 Å². The molecule has 1 atom stereocenters. The Morgan fingerprint density at radius 3 is 2.06 bits per heavy atom. The van der Waals surface area contributed by atoms with Gasteiger partial charge in [0, 0.05) is 30.6 Å². The summed E-state index contributed by atoms with van der Waals surface area (Å²) in [5.74, 6) is 1.10. The summed E-state index contributed by atoms with van der Waals surface area (Å²) >= 11 is 0. The number of nitrogens with zero attached hydrogens (tertiary/aromatic N) is 5. The van der Waals surface area contributed by atoms with Crippen molar-refractivity contribution in [2.24, 2.45) is 5.92 Å². The molecule has 0 bridgehead atoms. The molecule has 1 unspecified atom stereocenters. The Balaban J connectivity index is 1.80. The van der Waals surface area contributed by atoms with Crippen LogP contribution in [0.25, 0.3) is 0 Å². The highest BCUT2D eigenvalue weighted by molar-refractivity contribution is 7.90. The fraction of sp³-hybridized carbons (Fsp3) is 0.545. The lowest BCUT2D eigenvalue weighted by Crippen LogP contribution is -2.33. The molecule has 3 aromatic rings. The van der Waals surface area contributed by atoms with Gasteiger partial charge in [0.1, 0.15) is 12.4 Å². The minimum absolute atomic E-state index is 0.0116. The quantitative estimate of drug-likeness (QED) is 0.167. The van der Waals surface area contributed by atoms with Crippen molar-refractivity contribution < 1.29 is 39.5 Å². The van der Waals surface area contributed by atoms with Crippen molar-refractivity contribution in [2.75, 3.05) is 41.5 Å². The fourth-order valence-corrected chi connectivity index (χ4v) is 6.20. The highest BCUT2D eigenvalue weighted by atomic mass is 32.2. The second-order valence-electron chi connectivity index (χ2n) is 12.4. The summed E-state index contributed by atoms with van der Waals surface area (Å²) in [5, 5.41) is 0. The van der Waals surface area contributed by atoms with Crippen molar-refractivity contribution in [2.45, 2.75) is 78.3 Å². The Labute approximate surface area is 277 Å². The van der Waals surface area contributed by atoms with Gasteiger partial charge in [0.2, 0.25) is 5.95 Å². The number of hydrogen-bond donors (Lipinski definition) is 0. The number of halogens is 6. The Morgan fingerprint density at radius 1 is 0.958 bits per heavy atom. The van der Waals surface area contributed by atoms with Crippen molar-refractivity contribution in [3.63, 3.8) is 0 Å². The van der Waals surface area contributed by atoms with E-state index in [1.54, 1.807) is 0 Å². The lowest BCUT2D eigenvalue weighted by atomic mass is 9.99. The van der Waals surface area contributed by atoms with Gasteiger partial charge >= 0.3 is 12.4 Å². The number of aryl methyl sites for hydroxylation is 2. The topological polar surface area (TPSA) is 88.5 Å². The molecule has 0 spiro atoms. The van der Waals surface area contributed by atoms with E-state index in [9.17, 15) is 34.8 Å². The summed E-state index contributed by atoms with van der Waals surface area (Å²) in [6.45, 7) is 8.57. The molecule has 1 aromatic carbocycles. The average Bonchev–Trinajstić information content (AvgIpc) is 3.52. The Kier molecular flexibility index (Phi) is 11.5. The predicted octanol–water partition coefficient (Wildman–Crippen LogP) is 7.73. The minimum Gasteiger partial charge on any atom is -0.489 e. The van der Waals surface area contributed by atoms with Crippen LogP contribution in [-0.4, -0.2) is 55.1 Å². The minimum atomic E-state index is -5.02. The largest absolute Gasteiger partial charge is 0.489 e. The summed E-state index contributed by atoms with van der Waals surface area (Å²) in [4.78, 5) is 17.3. The molecule has 48 heavy (non-hydrogen) atoms. The molecule has 1 aliphatic rings. The number of aromatic nitrogens is 3. The van der Waals surface area contributed by atoms with E-state index in [0.717, 1.165) is 49.7 Å². The van der Waals surface area contributed by atoms with Crippen LogP contribution in [0.1, 0.15) is 79.1 Å². The molecule has 264 valence electrons. The second kappa shape index (κ2) is 14.9. The number of anilines is 2. The summed E-state index contributed by atoms with van der Waals surface area (Å²) in [5.41, 5.74) is -0.686. The van der Waals surface area contributed by atoms with Gasteiger partial charge < -0.3 is 14.5 Å². The maximum absolute atomic E-state index is 13.8. The van der Waals surface area contributed by atoms with Crippen molar-refractivity contribution in [3.8, 4) is 5.75 Å². The van der Waals surface area contributed by atoms with Crippen LogP contribution in [0.3, 0.4) is 0 Å². The smallest absolute Gasteiger partial charge is 0.416 e. The molecule has 4 rings (SSSR count). The Morgan fingerprint density at radius 2 is 1.54 bits per heavy atom. The van der Waals surface area contributed by atoms with Crippen LogP contribution < -0.4 is 14.5 Å². The van der Waals surface area contributed by atoms with Crippen LogP contribution in [0, 0.1) is 19.8 Å². The van der Waals surface area contributed by atoms with E-state index in [1.807, 2.05) is 26.8 Å². The van der Waals surface area contributed by atoms with Gasteiger partial charge in [0.05, 0.1) is 41.9 Å². The number of hydrogen-bond acceptors (Lipinski definition) is 8. The molecule has 1 fully saturated rings. The lowest BCUT2D eigenvalue weighted by molar-refractivity contribution is -0.143. The van der Waals surface area contributed by atoms with E-state index in [0.29, 0.717) is 36.0 Å². The Hall–Kier alpha value is -3.62. The van der Waals surface area contributed by atoms with Crippen molar-refractivity contribution in [1.29, 1.82) is 0 Å². The van der Waals surface area contributed by atoms with Crippen LogP contribution in [0.4, 0.5) is 38.1 Å². The van der Waals surface area contributed by atoms with Crippen molar-refractivity contribution >= 4 is 21.6 Å². The van der Waals surface area contributed by atoms with E-state index in [1.165, 1.54) is 24.2 Å². The van der Waals surface area contributed by atoms with Gasteiger partial charge in [0.15, 0.2) is 15.6 Å². The third-order valence-corrected chi connectivity index (χ3v) is 9.56. The van der Waals surface area contributed by atoms with E-state index < -0.39 is 39.4 Å². The summed E-state index contributed by atoms with van der Waals surface area (Å²) in [6, 6.07) is 2.41. The molecule has 2 aromatic heterocycles. The highest BCUT2D eigenvalue weighted by Crippen LogP contribution is 2.39. The highest BCUT2D eigenvalue weighted by Gasteiger charge is 2.38. The first-order valence-corrected chi connectivity index (χ1v) is 17.8. The molecule has 0 N–H and O–H groups in total. The molecule has 0 amide bonds. The predicted molar refractivity (Wildman–Crippen MR) is 172 cm³/mol. The fourth-order valence-electron chi connectivity index (χ4n) is 5.82. The zero-order valence-corrected chi connectivity index (χ0v) is 28.4. The number of ether oxygens (including phenoxy) is 1. The van der Waals surface area contributed by atoms with Gasteiger partial charge in [-0.1, -0.05) is 12.8 Å². The van der Waals surface area contributed by atoms with Crippen LogP contribution in [0.15, 0.2) is 36.7 Å². The lowest BCUT2D eigenvalue weighted by Gasteiger charge is -2.33. The van der Waals surface area contributed by atoms with Gasteiger partial charge in [-0.3, -0.25) is 0 Å². The zero-order valence-electron chi connectivity index (χ0n) is 27.6. The number of alkyl halides is 6. The van der Waals surface area contributed by atoms with E-state index >= 15 is 0 Å². The molecule has 0 radical (unpaired) electrons. The third kappa shape index (κ3) is 9.73. The van der Waals surface area contributed by atoms with E-state index in [-0.39, 0.29) is 42.2 Å². The molecular formula is C33H41F6N5O3S. The van der Waals surface area contributed by atoms with Crippen molar-refractivity contribution in [1.82, 2.24) is 15.0 Å². The number of sulfone groups is 1. The SMILES string of the molecule is CCN(CC1CCCC1)c1nc(C)c(C)cc1CN(c1ncc(OCCS(C)(=O)=O)cn1)C(C)c1cc(C(F)(F)F)cc(C(F)(F)F)c1. The maximum atomic E-state index is 13.8. The van der Waals surface area contributed by atoms with Crippen LogP contribution in [0.5, 0.6) is 5.75 Å². The molecular weight excluding hydrogens is 660 g/mol. The number of pyridine rings is 1. The first-order chi connectivity index (χ1) is 22.4. The van der Waals surface area contributed by atoms with Crippen LogP contribution in [0.2, 0.25) is 0 Å². The van der Waals surface area contributed by atoms with E-state index in [2.05, 4.69) is 14.9 Å². The number of benzene rings is 1. The molecule has 0 aliphatic heterocycles. The third-order valence-electron chi connectivity index (χ3n) is 8.65. The van der Waals surface area contributed by atoms with E-state index in [4.69, 9.17) is 9.72 Å². The monoisotopic (exact) mass is 701 g/mol. The first kappa shape index (κ1) is 37.2. The standard InChI is InChI=1S/C33H41F6N5O3S/c1-6-43(19-24-9-7-8-10-24)30-26(13-21(2)22(3)42-30)20-44(31-40-17-29(18-41-31)47-11-12-48(5,45)46)23(4)25-14-27(32(34,35)36)16-28(15-25)33(37,38)39/h13-18,23-24H,6-12,19-20H2,1-5H3. The molecule has 1 saturated carbocycles. The van der Waals surface area contributed by atoms with Gasteiger partial charge in [0.25, 0.3) is 0 Å².